The van der Waals surface area contributed by atoms with Crippen molar-refractivity contribution in [1.29, 1.82) is 0 Å². The lowest BCUT2D eigenvalue weighted by Gasteiger charge is -2.30. The van der Waals surface area contributed by atoms with Crippen LogP contribution in [0.25, 0.3) is 0 Å². The van der Waals surface area contributed by atoms with E-state index in [4.69, 9.17) is 9.84 Å². The fourth-order valence-corrected chi connectivity index (χ4v) is 1.82. The molecule has 0 aromatic heterocycles. The Morgan fingerprint density at radius 1 is 1.26 bits per heavy atom. The third-order valence-electron chi connectivity index (χ3n) is 2.72. The van der Waals surface area contributed by atoms with E-state index >= 15 is 0 Å². The molecule has 0 aromatic carbocycles. The maximum atomic E-state index is 11.4. The summed E-state index contributed by atoms with van der Waals surface area (Å²) in [5, 5.41) is 8.50. The van der Waals surface area contributed by atoms with E-state index in [-0.39, 0.29) is 31.1 Å². The Balaban J connectivity index is 2.17. The summed E-state index contributed by atoms with van der Waals surface area (Å²) in [5.74, 6) is -1.58. The van der Waals surface area contributed by atoms with Crippen molar-refractivity contribution in [2.75, 3.05) is 26.2 Å². The number of nitrogens with one attached hydrogen (secondary N) is 2. The van der Waals surface area contributed by atoms with E-state index in [1.807, 2.05) is 4.90 Å². The standard InChI is InChI=1S/C11H19N3O5/c1-8(15)12-13-10(16)6-14-4-2-9(3-5-14)19-7-11(17)18/h9H,2-7H2,1H3,(H,12,15)(H,13,16)(H,17,18). The molecule has 1 saturated heterocycles. The average Bonchev–Trinajstić information content (AvgIpc) is 2.35. The van der Waals surface area contributed by atoms with Gasteiger partial charge in [-0.2, -0.15) is 0 Å². The molecule has 0 radical (unpaired) electrons. The van der Waals surface area contributed by atoms with Crippen LogP contribution in [0.4, 0.5) is 0 Å². The molecule has 0 saturated carbocycles. The Hall–Kier alpha value is -1.67. The molecule has 8 heteroatoms. The Morgan fingerprint density at radius 2 is 1.89 bits per heavy atom. The summed E-state index contributed by atoms with van der Waals surface area (Å²) < 4.78 is 5.19. The Bertz CT molecular complexity index is 339. The summed E-state index contributed by atoms with van der Waals surface area (Å²) in [7, 11) is 0. The van der Waals surface area contributed by atoms with Crippen molar-refractivity contribution in [3.05, 3.63) is 0 Å². The molecule has 1 fully saturated rings. The fraction of sp³-hybridized carbons (Fsp3) is 0.727. The molecule has 0 unspecified atom stereocenters. The lowest BCUT2D eigenvalue weighted by atomic mass is 10.1. The molecule has 0 spiro atoms. The van der Waals surface area contributed by atoms with Gasteiger partial charge in [0.2, 0.25) is 5.91 Å². The van der Waals surface area contributed by atoms with Crippen molar-refractivity contribution in [2.24, 2.45) is 0 Å². The van der Waals surface area contributed by atoms with Crippen LogP contribution in [0, 0.1) is 0 Å². The number of carbonyl (C=O) groups is 3. The van der Waals surface area contributed by atoms with Crippen molar-refractivity contribution in [3.63, 3.8) is 0 Å². The van der Waals surface area contributed by atoms with Crippen molar-refractivity contribution in [2.45, 2.75) is 25.9 Å². The zero-order chi connectivity index (χ0) is 14.3. The van der Waals surface area contributed by atoms with Crippen LogP contribution >= 0.6 is 0 Å². The van der Waals surface area contributed by atoms with Gasteiger partial charge in [-0.15, -0.1) is 0 Å². The number of ether oxygens (including phenoxy) is 1. The molecule has 0 bridgehead atoms. The number of amides is 2. The predicted molar refractivity (Wildman–Crippen MR) is 65.0 cm³/mol. The van der Waals surface area contributed by atoms with E-state index in [0.29, 0.717) is 25.9 Å². The molecule has 2 amide bonds. The van der Waals surface area contributed by atoms with E-state index in [9.17, 15) is 14.4 Å². The summed E-state index contributed by atoms with van der Waals surface area (Å²) in [4.78, 5) is 34.3. The number of nitrogens with zero attached hydrogens (tertiary/aromatic N) is 1. The van der Waals surface area contributed by atoms with E-state index < -0.39 is 5.97 Å². The number of aliphatic carboxylic acids is 1. The molecule has 0 atom stereocenters. The van der Waals surface area contributed by atoms with Crippen LogP contribution in [-0.2, 0) is 19.1 Å². The molecule has 8 nitrogen and oxygen atoms in total. The highest BCUT2D eigenvalue weighted by molar-refractivity contribution is 5.81. The molecule has 19 heavy (non-hydrogen) atoms. The van der Waals surface area contributed by atoms with Crippen LogP contribution in [0.15, 0.2) is 0 Å². The second-order valence-electron chi connectivity index (χ2n) is 4.41. The summed E-state index contributed by atoms with van der Waals surface area (Å²) >= 11 is 0. The van der Waals surface area contributed by atoms with Crippen molar-refractivity contribution < 1.29 is 24.2 Å². The zero-order valence-corrected chi connectivity index (χ0v) is 10.8. The first-order chi connectivity index (χ1) is 8.97. The first-order valence-electron chi connectivity index (χ1n) is 6.08. The summed E-state index contributed by atoms with van der Waals surface area (Å²) in [6.45, 7) is 2.56. The number of piperidine rings is 1. The Labute approximate surface area is 111 Å². The van der Waals surface area contributed by atoms with Crippen LogP contribution in [0.1, 0.15) is 19.8 Å². The van der Waals surface area contributed by atoms with Crippen LogP contribution in [0.5, 0.6) is 0 Å². The number of rotatable bonds is 5. The van der Waals surface area contributed by atoms with E-state index in [1.165, 1.54) is 6.92 Å². The quantitative estimate of drug-likeness (QED) is 0.538. The Kier molecular flexibility index (Phi) is 6.23. The highest BCUT2D eigenvalue weighted by atomic mass is 16.5. The lowest BCUT2D eigenvalue weighted by Crippen LogP contribution is -2.48. The first kappa shape index (κ1) is 15.4. The number of likely N-dealkylation sites (tertiary alicyclic amines) is 1. The van der Waals surface area contributed by atoms with Gasteiger partial charge >= 0.3 is 5.97 Å². The van der Waals surface area contributed by atoms with E-state index in [1.54, 1.807) is 0 Å². The summed E-state index contributed by atoms with van der Waals surface area (Å²) in [5.41, 5.74) is 4.51. The van der Waals surface area contributed by atoms with Gasteiger partial charge in [-0.3, -0.25) is 25.3 Å². The summed E-state index contributed by atoms with van der Waals surface area (Å²) in [6.07, 6.45) is 1.33. The molecule has 0 aromatic rings. The maximum absolute atomic E-state index is 11.4. The van der Waals surface area contributed by atoms with Crippen molar-refractivity contribution >= 4 is 17.8 Å². The highest BCUT2D eigenvalue weighted by Gasteiger charge is 2.21. The maximum Gasteiger partial charge on any atom is 0.329 e. The topological polar surface area (TPSA) is 108 Å². The monoisotopic (exact) mass is 273 g/mol. The normalized spacial score (nSPS) is 16.9. The second-order valence-corrected chi connectivity index (χ2v) is 4.41. The van der Waals surface area contributed by atoms with E-state index in [2.05, 4.69) is 10.9 Å². The molecule has 1 heterocycles. The van der Waals surface area contributed by atoms with Gasteiger partial charge in [-0.25, -0.2) is 4.79 Å². The average molecular weight is 273 g/mol. The number of carbonyl (C=O) groups excluding carboxylic acids is 2. The van der Waals surface area contributed by atoms with Gasteiger partial charge in [-0.05, 0) is 12.8 Å². The molecule has 3 N–H and O–H groups in total. The molecule has 1 rings (SSSR count). The van der Waals surface area contributed by atoms with Gasteiger partial charge in [0.05, 0.1) is 12.6 Å². The summed E-state index contributed by atoms with van der Waals surface area (Å²) in [6, 6.07) is 0. The minimum absolute atomic E-state index is 0.0641. The zero-order valence-electron chi connectivity index (χ0n) is 10.8. The van der Waals surface area contributed by atoms with Gasteiger partial charge in [0.15, 0.2) is 0 Å². The van der Waals surface area contributed by atoms with Crippen LogP contribution < -0.4 is 10.9 Å². The lowest BCUT2D eigenvalue weighted by molar-refractivity contribution is -0.145. The largest absolute Gasteiger partial charge is 0.480 e. The van der Waals surface area contributed by atoms with Crippen LogP contribution in [0.3, 0.4) is 0 Å². The number of carboxylic acid groups (broad SMARTS) is 1. The van der Waals surface area contributed by atoms with Gasteiger partial charge in [0.25, 0.3) is 5.91 Å². The smallest absolute Gasteiger partial charge is 0.329 e. The molecule has 0 aliphatic carbocycles. The number of carboxylic acids is 1. The minimum atomic E-state index is -0.975. The van der Waals surface area contributed by atoms with Gasteiger partial charge in [0.1, 0.15) is 6.61 Å². The van der Waals surface area contributed by atoms with Crippen LogP contribution in [0.2, 0.25) is 0 Å². The third-order valence-corrected chi connectivity index (χ3v) is 2.72. The first-order valence-corrected chi connectivity index (χ1v) is 6.08. The molecular weight excluding hydrogens is 254 g/mol. The van der Waals surface area contributed by atoms with Gasteiger partial charge < -0.3 is 9.84 Å². The number of hydrogen-bond acceptors (Lipinski definition) is 5. The number of hydrazine groups is 1. The van der Waals surface area contributed by atoms with Gasteiger partial charge in [0, 0.05) is 20.0 Å². The second kappa shape index (κ2) is 7.70. The SMILES string of the molecule is CC(=O)NNC(=O)CN1CCC(OCC(=O)O)CC1. The van der Waals surface area contributed by atoms with Crippen molar-refractivity contribution in [3.8, 4) is 0 Å². The van der Waals surface area contributed by atoms with E-state index in [0.717, 1.165) is 0 Å². The predicted octanol–water partition coefficient (Wildman–Crippen LogP) is -1.28. The molecule has 1 aliphatic rings. The fourth-order valence-electron chi connectivity index (χ4n) is 1.82. The van der Waals surface area contributed by atoms with Crippen molar-refractivity contribution in [1.82, 2.24) is 15.8 Å². The molecular formula is C11H19N3O5. The Morgan fingerprint density at radius 3 is 2.42 bits per heavy atom. The minimum Gasteiger partial charge on any atom is -0.480 e. The highest BCUT2D eigenvalue weighted by Crippen LogP contribution is 2.13. The van der Waals surface area contributed by atoms with Crippen LogP contribution in [-0.4, -0.2) is 60.1 Å². The number of hydrogen-bond donors (Lipinski definition) is 3. The third kappa shape index (κ3) is 6.73. The molecule has 108 valence electrons. The molecule has 1 aliphatic heterocycles. The van der Waals surface area contributed by atoms with Gasteiger partial charge in [-0.1, -0.05) is 0 Å².